The zero-order valence-electron chi connectivity index (χ0n) is 69.9. The molecule has 0 aliphatic heterocycles. The lowest BCUT2D eigenvalue weighted by Crippen LogP contribution is -2.30. The molecule has 630 valence electrons. The fourth-order valence-electron chi connectivity index (χ4n) is 13.5. The second-order valence-corrected chi connectivity index (χ2v) is 35.4. The van der Waals surface area contributed by atoms with Crippen molar-refractivity contribution in [3.05, 3.63) is 0 Å². The second kappa shape index (κ2) is 77.0. The summed E-state index contributed by atoms with van der Waals surface area (Å²) in [5, 5.41) is 10.7. The molecular weight excluding hydrogens is 1380 g/mol. The fraction of sp³-hybridized carbons (Fsp3) is 0.954. The molecule has 3 N–H and O–H groups in total. The number of phosphoric acid groups is 2. The van der Waals surface area contributed by atoms with Crippen molar-refractivity contribution in [3.8, 4) is 0 Å². The van der Waals surface area contributed by atoms with Crippen LogP contribution in [0.5, 0.6) is 0 Å². The molecule has 0 aromatic heterocycles. The number of carbonyl (C=O) groups excluding carboxylic acids is 4. The molecule has 6 atom stereocenters. The zero-order chi connectivity index (χ0) is 77.9. The molecule has 0 saturated heterocycles. The van der Waals surface area contributed by atoms with Gasteiger partial charge in [0.05, 0.1) is 26.4 Å². The number of phosphoric ester groups is 2. The Kier molecular flexibility index (Phi) is 75.6. The Morgan fingerprint density at radius 2 is 0.481 bits per heavy atom. The molecular formula is C87H170O17P2. The van der Waals surface area contributed by atoms with Crippen LogP contribution in [0.4, 0.5) is 0 Å². The number of rotatable bonds is 85. The molecule has 0 bridgehead atoms. The molecule has 0 fully saturated rings. The first-order chi connectivity index (χ1) is 51.3. The third kappa shape index (κ3) is 78.7. The molecule has 0 aromatic carbocycles. The Morgan fingerprint density at radius 1 is 0.274 bits per heavy atom. The SMILES string of the molecule is CCCCCCCCCCCCCCCCCCCC(=O)O[C@H](COC(=O)CCCCCCCCCC(C)C)COP(=O)(O)OC[C@H](O)COP(=O)(O)OC[C@@H](COC(=O)CCCCCCCCCCCCCCCCC(C)CC)OC(=O)CCCCCCCCCCCCCCCCCCCCC(C)C. The molecule has 0 radical (unpaired) electrons. The molecule has 0 aliphatic rings. The van der Waals surface area contributed by atoms with E-state index in [1.807, 2.05) is 0 Å². The fourth-order valence-corrected chi connectivity index (χ4v) is 15.1. The lowest BCUT2D eigenvalue weighted by atomic mass is 9.99. The van der Waals surface area contributed by atoms with E-state index in [4.69, 9.17) is 37.0 Å². The van der Waals surface area contributed by atoms with E-state index in [0.717, 1.165) is 108 Å². The van der Waals surface area contributed by atoms with Crippen LogP contribution in [-0.4, -0.2) is 96.7 Å². The van der Waals surface area contributed by atoms with Gasteiger partial charge < -0.3 is 33.8 Å². The molecule has 0 aliphatic carbocycles. The number of ether oxygens (including phenoxy) is 4. The number of carbonyl (C=O) groups is 4. The smallest absolute Gasteiger partial charge is 0.462 e. The molecule has 0 rings (SSSR count). The van der Waals surface area contributed by atoms with E-state index in [1.165, 1.54) is 263 Å². The summed E-state index contributed by atoms with van der Waals surface area (Å²) in [5.41, 5.74) is 0. The van der Waals surface area contributed by atoms with Crippen LogP contribution < -0.4 is 0 Å². The first-order valence-electron chi connectivity index (χ1n) is 44.9. The summed E-state index contributed by atoms with van der Waals surface area (Å²) in [5.74, 6) is 0.272. The van der Waals surface area contributed by atoms with Crippen molar-refractivity contribution in [3.63, 3.8) is 0 Å². The minimum Gasteiger partial charge on any atom is -0.462 e. The van der Waals surface area contributed by atoms with Gasteiger partial charge in [-0.2, -0.15) is 0 Å². The molecule has 0 amide bonds. The number of aliphatic hydroxyl groups is 1. The van der Waals surface area contributed by atoms with E-state index in [0.29, 0.717) is 31.6 Å². The molecule has 0 aromatic rings. The highest BCUT2D eigenvalue weighted by Gasteiger charge is 2.31. The lowest BCUT2D eigenvalue weighted by molar-refractivity contribution is -0.161. The highest BCUT2D eigenvalue weighted by molar-refractivity contribution is 7.47. The molecule has 17 nitrogen and oxygen atoms in total. The molecule has 19 heteroatoms. The van der Waals surface area contributed by atoms with Gasteiger partial charge in [-0.3, -0.25) is 37.3 Å². The standard InChI is InChI=1S/C87H170O17P2/c1-8-10-11-12-13-14-15-16-17-20-24-31-36-41-48-56-63-71-87(92)104-83(75-98-85(90)69-62-55-50-43-45-52-59-66-79(5)6)77-102-106(95,96)100-73-81(88)72-99-105(93,94)101-76-82(74-97-84(89)68-61-54-47-40-35-30-27-26-29-34-39-46-53-60-67-80(7)9-2)103-86(91)70-64-57-49-42-37-32-25-22-19-18-21-23-28-33-38-44-51-58-65-78(3)4/h78-83,88H,8-77H2,1-7H3,(H,93,94)(H,95,96)/t80?,81-,82-,83-/m1/s1. The van der Waals surface area contributed by atoms with Crippen molar-refractivity contribution in [1.82, 2.24) is 0 Å². The van der Waals surface area contributed by atoms with Gasteiger partial charge in [-0.05, 0) is 43.4 Å². The first kappa shape index (κ1) is 104. The highest BCUT2D eigenvalue weighted by atomic mass is 31.2. The maximum absolute atomic E-state index is 13.2. The molecule has 0 saturated carbocycles. The topological polar surface area (TPSA) is 237 Å². The third-order valence-electron chi connectivity index (χ3n) is 20.7. The summed E-state index contributed by atoms with van der Waals surface area (Å²) in [6.45, 7) is 12.0. The minimum absolute atomic E-state index is 0.108. The predicted molar refractivity (Wildman–Crippen MR) is 437 cm³/mol. The maximum atomic E-state index is 13.2. The van der Waals surface area contributed by atoms with Crippen molar-refractivity contribution in [1.29, 1.82) is 0 Å². The van der Waals surface area contributed by atoms with Crippen LogP contribution in [0.1, 0.15) is 459 Å². The Morgan fingerprint density at radius 3 is 0.717 bits per heavy atom. The number of hydrogen-bond acceptors (Lipinski definition) is 15. The molecule has 0 spiro atoms. The third-order valence-corrected chi connectivity index (χ3v) is 22.6. The van der Waals surface area contributed by atoms with Gasteiger partial charge >= 0.3 is 39.5 Å². The maximum Gasteiger partial charge on any atom is 0.472 e. The molecule has 0 heterocycles. The van der Waals surface area contributed by atoms with Crippen LogP contribution >= 0.6 is 15.6 Å². The summed E-state index contributed by atoms with van der Waals surface area (Å²) in [4.78, 5) is 73.2. The Labute approximate surface area is 651 Å². The van der Waals surface area contributed by atoms with Gasteiger partial charge in [-0.15, -0.1) is 0 Å². The van der Waals surface area contributed by atoms with E-state index in [1.54, 1.807) is 0 Å². The van der Waals surface area contributed by atoms with Crippen LogP contribution in [0.15, 0.2) is 0 Å². The number of aliphatic hydroxyl groups excluding tert-OH is 1. The average molecular weight is 1550 g/mol. The quantitative estimate of drug-likeness (QED) is 0.0222. The first-order valence-corrected chi connectivity index (χ1v) is 47.9. The summed E-state index contributed by atoms with van der Waals surface area (Å²) in [7, 11) is -9.93. The van der Waals surface area contributed by atoms with Crippen LogP contribution in [-0.2, 0) is 65.4 Å². The number of hydrogen-bond donors (Lipinski definition) is 3. The van der Waals surface area contributed by atoms with Gasteiger partial charge in [-0.25, -0.2) is 9.13 Å². The van der Waals surface area contributed by atoms with Crippen LogP contribution in [0.3, 0.4) is 0 Å². The van der Waals surface area contributed by atoms with E-state index in [9.17, 15) is 43.2 Å². The lowest BCUT2D eigenvalue weighted by Gasteiger charge is -2.21. The van der Waals surface area contributed by atoms with Crippen LogP contribution in [0.2, 0.25) is 0 Å². The van der Waals surface area contributed by atoms with Gasteiger partial charge in [0, 0.05) is 25.7 Å². The largest absolute Gasteiger partial charge is 0.472 e. The normalized spacial score (nSPS) is 14.1. The summed E-state index contributed by atoms with van der Waals surface area (Å²) >= 11 is 0. The van der Waals surface area contributed by atoms with Crippen molar-refractivity contribution in [2.24, 2.45) is 17.8 Å². The van der Waals surface area contributed by atoms with Crippen LogP contribution in [0.25, 0.3) is 0 Å². The summed E-state index contributed by atoms with van der Waals surface area (Å²) in [6, 6.07) is 0. The van der Waals surface area contributed by atoms with Crippen molar-refractivity contribution >= 4 is 39.5 Å². The van der Waals surface area contributed by atoms with Gasteiger partial charge in [-0.1, -0.05) is 408 Å². The summed E-state index contributed by atoms with van der Waals surface area (Å²) in [6.07, 6.45) is 68.1. The summed E-state index contributed by atoms with van der Waals surface area (Å²) < 4.78 is 68.9. The van der Waals surface area contributed by atoms with E-state index in [-0.39, 0.29) is 25.7 Å². The van der Waals surface area contributed by atoms with Crippen LogP contribution in [0, 0.1) is 17.8 Å². The van der Waals surface area contributed by atoms with Crippen molar-refractivity contribution < 1.29 is 80.2 Å². The Bertz CT molecular complexity index is 2050. The molecule has 106 heavy (non-hydrogen) atoms. The average Bonchev–Trinajstić information content (AvgIpc) is 0.903. The van der Waals surface area contributed by atoms with Gasteiger partial charge in [0.15, 0.2) is 12.2 Å². The van der Waals surface area contributed by atoms with Crippen molar-refractivity contribution in [2.45, 2.75) is 478 Å². The number of esters is 4. The monoisotopic (exact) mass is 1550 g/mol. The molecule has 3 unspecified atom stereocenters. The van der Waals surface area contributed by atoms with Gasteiger partial charge in [0.25, 0.3) is 0 Å². The Balaban J connectivity index is 5.23. The van der Waals surface area contributed by atoms with E-state index < -0.39 is 97.5 Å². The van der Waals surface area contributed by atoms with E-state index in [2.05, 4.69) is 48.5 Å². The Hall–Kier alpha value is -1.94. The van der Waals surface area contributed by atoms with Gasteiger partial charge in [0.2, 0.25) is 0 Å². The van der Waals surface area contributed by atoms with Crippen molar-refractivity contribution in [2.75, 3.05) is 39.6 Å². The second-order valence-electron chi connectivity index (χ2n) is 32.5. The highest BCUT2D eigenvalue weighted by Crippen LogP contribution is 2.45. The number of unbranched alkanes of at least 4 members (excludes halogenated alkanes) is 52. The van der Waals surface area contributed by atoms with E-state index >= 15 is 0 Å². The minimum atomic E-state index is -4.97. The predicted octanol–water partition coefficient (Wildman–Crippen LogP) is 26.5. The zero-order valence-corrected chi connectivity index (χ0v) is 71.7. The van der Waals surface area contributed by atoms with Gasteiger partial charge in [0.1, 0.15) is 19.3 Å².